The minimum absolute atomic E-state index is 0.133. The molecule has 0 fully saturated rings. The number of aromatic nitrogens is 6. The van der Waals surface area contributed by atoms with Crippen LogP contribution in [0.5, 0.6) is 6.01 Å². The van der Waals surface area contributed by atoms with Crippen molar-refractivity contribution < 1.29 is 13.5 Å². The number of hydrogen-bond acceptors (Lipinski definition) is 7. The van der Waals surface area contributed by atoms with E-state index in [1.54, 1.807) is 36.4 Å². The molecule has 2 N–H and O–H groups in total. The lowest BCUT2D eigenvalue weighted by atomic mass is 10.1. The Morgan fingerprint density at radius 3 is 2.71 bits per heavy atom. The second-order valence-electron chi connectivity index (χ2n) is 6.64. The summed E-state index contributed by atoms with van der Waals surface area (Å²) in [6.45, 7) is -0.670. The van der Waals surface area contributed by atoms with Gasteiger partial charge in [0.25, 0.3) is 0 Å². The number of methoxy groups -OCH3 is 1. The molecule has 31 heavy (non-hydrogen) atoms. The zero-order valence-electron chi connectivity index (χ0n) is 16.2. The highest BCUT2D eigenvalue weighted by atomic mass is 19.1. The van der Waals surface area contributed by atoms with E-state index in [0.717, 1.165) is 0 Å². The smallest absolute Gasteiger partial charge is 0.318 e. The molecule has 2 aromatic carbocycles. The Morgan fingerprint density at radius 1 is 1.00 bits per heavy atom. The lowest BCUT2D eigenvalue weighted by Crippen LogP contribution is -2.03. The number of ether oxygens (including phenoxy) is 1. The number of nitrogens with one attached hydrogen (secondary N) is 2. The first-order valence-corrected chi connectivity index (χ1v) is 9.30. The largest absolute Gasteiger partial charge is 0.467 e. The third kappa shape index (κ3) is 3.27. The summed E-state index contributed by atoms with van der Waals surface area (Å²) in [6.07, 6.45) is 1.52. The van der Waals surface area contributed by atoms with Crippen LogP contribution in [0.1, 0.15) is 5.56 Å². The maximum absolute atomic E-state index is 14.0. The highest BCUT2D eigenvalue weighted by Crippen LogP contribution is 2.31. The summed E-state index contributed by atoms with van der Waals surface area (Å²) >= 11 is 0. The van der Waals surface area contributed by atoms with Crippen LogP contribution < -0.4 is 10.1 Å². The second kappa shape index (κ2) is 7.56. The van der Waals surface area contributed by atoms with Gasteiger partial charge in [0, 0.05) is 17.1 Å². The molecule has 0 aliphatic heterocycles. The molecule has 3 heterocycles. The van der Waals surface area contributed by atoms with Gasteiger partial charge in [-0.25, -0.2) is 23.7 Å². The third-order valence-corrected chi connectivity index (χ3v) is 4.80. The van der Waals surface area contributed by atoms with Crippen molar-refractivity contribution in [3.8, 4) is 17.4 Å². The molecule has 0 saturated carbocycles. The van der Waals surface area contributed by atoms with Crippen LogP contribution in [0.25, 0.3) is 33.3 Å². The maximum Gasteiger partial charge on any atom is 0.318 e. The van der Waals surface area contributed by atoms with E-state index in [-0.39, 0.29) is 17.4 Å². The van der Waals surface area contributed by atoms with Crippen LogP contribution in [0.15, 0.2) is 48.7 Å². The molecule has 0 atom stereocenters. The van der Waals surface area contributed by atoms with E-state index in [2.05, 4.69) is 35.5 Å². The Kier molecular flexibility index (Phi) is 4.58. The molecule has 0 aliphatic rings. The van der Waals surface area contributed by atoms with Gasteiger partial charge in [0.2, 0.25) is 0 Å². The molecule has 154 valence electrons. The van der Waals surface area contributed by atoms with Gasteiger partial charge in [-0.3, -0.25) is 5.10 Å². The number of nitrogens with zero attached hydrogens (tertiary/aromatic N) is 5. The lowest BCUT2D eigenvalue weighted by molar-refractivity contribution is 0.381. The average molecular weight is 419 g/mol. The van der Waals surface area contributed by atoms with Gasteiger partial charge in [0.05, 0.1) is 12.5 Å². The van der Waals surface area contributed by atoms with Crippen LogP contribution in [0.2, 0.25) is 0 Å². The molecule has 0 bridgehead atoms. The Bertz CT molecular complexity index is 1420. The number of halogens is 2. The van der Waals surface area contributed by atoms with Gasteiger partial charge in [0.1, 0.15) is 23.8 Å². The number of rotatable bonds is 5. The molecule has 0 spiro atoms. The van der Waals surface area contributed by atoms with E-state index in [1.165, 1.54) is 19.4 Å². The number of benzene rings is 2. The van der Waals surface area contributed by atoms with E-state index >= 15 is 0 Å². The predicted octanol–water partition coefficient (Wildman–Crippen LogP) is 4.32. The predicted molar refractivity (Wildman–Crippen MR) is 111 cm³/mol. The maximum atomic E-state index is 14.0. The highest BCUT2D eigenvalue weighted by Gasteiger charge is 2.17. The van der Waals surface area contributed by atoms with Gasteiger partial charge < -0.3 is 10.1 Å². The lowest BCUT2D eigenvalue weighted by Gasteiger charge is -2.11. The SMILES string of the molecule is COc1ncc2c(Nc3n[nH]c4c(F)cccc34)nc(-c3ccccc3CF)nc2n1. The van der Waals surface area contributed by atoms with Gasteiger partial charge in [-0.15, -0.1) is 0 Å². The first kappa shape index (κ1) is 18.8. The number of aromatic amines is 1. The van der Waals surface area contributed by atoms with Gasteiger partial charge in [-0.1, -0.05) is 30.3 Å². The molecule has 3 aromatic heterocycles. The zero-order chi connectivity index (χ0) is 21.4. The van der Waals surface area contributed by atoms with Crippen molar-refractivity contribution in [2.45, 2.75) is 6.67 Å². The Labute approximate surface area is 174 Å². The molecular weight excluding hydrogens is 404 g/mol. The molecule has 10 heteroatoms. The van der Waals surface area contributed by atoms with Crippen molar-refractivity contribution in [2.75, 3.05) is 12.4 Å². The van der Waals surface area contributed by atoms with Crippen LogP contribution in [0.4, 0.5) is 20.4 Å². The molecule has 0 unspecified atom stereocenters. The quantitative estimate of drug-likeness (QED) is 0.437. The Balaban J connectivity index is 1.71. The third-order valence-electron chi connectivity index (χ3n) is 4.80. The van der Waals surface area contributed by atoms with E-state index in [1.807, 2.05) is 0 Å². The Hall–Kier alpha value is -4.21. The first-order valence-electron chi connectivity index (χ1n) is 9.30. The van der Waals surface area contributed by atoms with Crippen molar-refractivity contribution in [2.24, 2.45) is 0 Å². The van der Waals surface area contributed by atoms with Gasteiger partial charge >= 0.3 is 6.01 Å². The van der Waals surface area contributed by atoms with E-state index < -0.39 is 12.5 Å². The van der Waals surface area contributed by atoms with Crippen molar-refractivity contribution >= 4 is 33.6 Å². The zero-order valence-corrected chi connectivity index (χ0v) is 16.2. The Morgan fingerprint density at radius 2 is 1.87 bits per heavy atom. The molecule has 0 amide bonds. The van der Waals surface area contributed by atoms with Gasteiger partial charge in [-0.05, 0) is 17.7 Å². The fourth-order valence-electron chi connectivity index (χ4n) is 3.28. The van der Waals surface area contributed by atoms with Crippen LogP contribution >= 0.6 is 0 Å². The van der Waals surface area contributed by atoms with Crippen molar-refractivity contribution in [1.29, 1.82) is 0 Å². The molecule has 0 radical (unpaired) electrons. The summed E-state index contributed by atoms with van der Waals surface area (Å²) in [5.41, 5.74) is 1.55. The van der Waals surface area contributed by atoms with Gasteiger partial charge in [-0.2, -0.15) is 10.1 Å². The fourth-order valence-corrected chi connectivity index (χ4v) is 3.28. The van der Waals surface area contributed by atoms with Crippen LogP contribution in [0.3, 0.4) is 0 Å². The van der Waals surface area contributed by atoms with Crippen molar-refractivity contribution in [1.82, 2.24) is 30.1 Å². The fraction of sp³-hybridized carbons (Fsp3) is 0.0952. The van der Waals surface area contributed by atoms with Crippen molar-refractivity contribution in [3.63, 3.8) is 0 Å². The summed E-state index contributed by atoms with van der Waals surface area (Å²) < 4.78 is 32.7. The standard InChI is InChI=1S/C21H15F2N7O/c1-31-21-24-10-14-18(27-20-13-7-4-8-15(23)16(13)29-30-20)25-17(26-19(14)28-21)12-6-3-2-5-11(12)9-22/h2-8,10H,9H2,1H3,(H2,24,25,26,27,28,29,30). The van der Waals surface area contributed by atoms with Crippen LogP contribution in [-0.4, -0.2) is 37.2 Å². The van der Waals surface area contributed by atoms with E-state index in [9.17, 15) is 8.78 Å². The number of H-pyrrole nitrogens is 1. The number of anilines is 2. The number of hydrogen-bond donors (Lipinski definition) is 2. The van der Waals surface area contributed by atoms with E-state index in [0.29, 0.717) is 39.2 Å². The minimum Gasteiger partial charge on any atom is -0.467 e. The summed E-state index contributed by atoms with van der Waals surface area (Å²) in [5.74, 6) is 0.565. The topological polar surface area (TPSA) is 102 Å². The minimum atomic E-state index is -0.670. The molecular formula is C21H15F2N7O. The van der Waals surface area contributed by atoms with Gasteiger partial charge in [0.15, 0.2) is 17.3 Å². The summed E-state index contributed by atoms with van der Waals surface area (Å²) in [4.78, 5) is 17.5. The second-order valence-corrected chi connectivity index (χ2v) is 6.64. The average Bonchev–Trinajstić information content (AvgIpc) is 3.22. The number of para-hydroxylation sites is 1. The number of fused-ring (bicyclic) bond motifs is 2. The van der Waals surface area contributed by atoms with E-state index in [4.69, 9.17) is 4.74 Å². The summed E-state index contributed by atoms with van der Waals surface area (Å²) in [6, 6.07) is 11.7. The van der Waals surface area contributed by atoms with Crippen LogP contribution in [0, 0.1) is 5.82 Å². The molecule has 0 saturated heterocycles. The first-order chi connectivity index (χ1) is 15.2. The molecule has 8 nitrogen and oxygen atoms in total. The summed E-state index contributed by atoms with van der Waals surface area (Å²) in [7, 11) is 1.45. The van der Waals surface area contributed by atoms with Crippen LogP contribution in [-0.2, 0) is 6.67 Å². The highest BCUT2D eigenvalue weighted by molar-refractivity contribution is 5.96. The number of alkyl halides is 1. The molecule has 5 rings (SSSR count). The molecule has 5 aromatic rings. The van der Waals surface area contributed by atoms with Crippen molar-refractivity contribution in [3.05, 3.63) is 60.0 Å². The normalized spacial score (nSPS) is 11.2. The monoisotopic (exact) mass is 419 g/mol. The molecule has 0 aliphatic carbocycles. The summed E-state index contributed by atoms with van der Waals surface area (Å²) in [5, 5.41) is 11.0.